The van der Waals surface area contributed by atoms with Crippen molar-refractivity contribution in [2.24, 2.45) is 5.41 Å². The summed E-state index contributed by atoms with van der Waals surface area (Å²) in [5.41, 5.74) is 2.35. The first kappa shape index (κ1) is 30.2. The lowest BCUT2D eigenvalue weighted by molar-refractivity contribution is 0.0879. The molecule has 0 fully saturated rings. The predicted molar refractivity (Wildman–Crippen MR) is 163 cm³/mol. The molecule has 2 aromatic carbocycles. The van der Waals surface area contributed by atoms with Gasteiger partial charge in [0.1, 0.15) is 12.4 Å². The van der Waals surface area contributed by atoms with E-state index in [9.17, 15) is 4.79 Å². The number of benzene rings is 2. The maximum Gasteiger partial charge on any atom is 0.409 e. The van der Waals surface area contributed by atoms with E-state index in [0.717, 1.165) is 47.0 Å². The van der Waals surface area contributed by atoms with E-state index < -0.39 is 5.41 Å². The highest BCUT2D eigenvalue weighted by Crippen LogP contribution is 2.30. The molecule has 3 aromatic rings. The van der Waals surface area contributed by atoms with Crippen molar-refractivity contribution in [1.29, 1.82) is 5.41 Å². The Labute approximate surface area is 233 Å². The molecule has 0 aliphatic rings. The zero-order valence-electron chi connectivity index (χ0n) is 24.3. The van der Waals surface area contributed by atoms with Crippen molar-refractivity contribution in [1.82, 2.24) is 20.1 Å². The van der Waals surface area contributed by atoms with Gasteiger partial charge in [0.05, 0.1) is 22.1 Å². The number of ether oxygens (including phenoxy) is 1. The number of amidine groups is 1. The van der Waals surface area contributed by atoms with Gasteiger partial charge in [0.25, 0.3) is 0 Å². The van der Waals surface area contributed by atoms with Crippen LogP contribution in [-0.4, -0.2) is 80.1 Å². The van der Waals surface area contributed by atoms with Crippen LogP contribution in [0, 0.1) is 10.8 Å². The summed E-state index contributed by atoms with van der Waals surface area (Å²) in [6.45, 7) is 9.83. The van der Waals surface area contributed by atoms with Crippen molar-refractivity contribution >= 4 is 39.4 Å². The molecule has 0 aliphatic heterocycles. The summed E-state index contributed by atoms with van der Waals surface area (Å²) in [6, 6.07) is 16.3. The molecule has 0 saturated carbocycles. The highest BCUT2D eigenvalue weighted by atomic mass is 16.6. The smallest absolute Gasteiger partial charge is 0.409 e. The van der Waals surface area contributed by atoms with E-state index >= 15 is 0 Å². The maximum atomic E-state index is 12.5. The van der Waals surface area contributed by atoms with E-state index in [0.29, 0.717) is 25.5 Å². The molecule has 39 heavy (non-hydrogen) atoms. The normalized spacial score (nSPS) is 11.5. The first-order valence-electron chi connectivity index (χ1n) is 14.1. The van der Waals surface area contributed by atoms with Gasteiger partial charge in [-0.05, 0) is 38.9 Å². The number of carbonyl (C=O) groups is 1. The molecule has 8 nitrogen and oxygen atoms in total. The zero-order valence-corrected chi connectivity index (χ0v) is 24.3. The van der Waals surface area contributed by atoms with Gasteiger partial charge in [-0.15, -0.1) is 0 Å². The Hall–Kier alpha value is -3.39. The second kappa shape index (κ2) is 14.7. The van der Waals surface area contributed by atoms with Gasteiger partial charge >= 0.3 is 6.09 Å². The second-order valence-corrected chi connectivity index (χ2v) is 10.9. The van der Waals surface area contributed by atoms with E-state index in [1.165, 1.54) is 19.3 Å². The van der Waals surface area contributed by atoms with Crippen molar-refractivity contribution in [2.75, 3.05) is 58.7 Å². The predicted octanol–water partition coefficient (Wildman–Crippen LogP) is 5.97. The van der Waals surface area contributed by atoms with Crippen LogP contribution in [0.3, 0.4) is 0 Å². The topological polar surface area (TPSA) is 93.6 Å². The number of unbranched alkanes of at least 4 members (excludes halogenated alkanes) is 3. The molecule has 0 aliphatic carbocycles. The number of likely N-dealkylation sites (N-methyl/N-ethyl adjacent to an activating group) is 2. The van der Waals surface area contributed by atoms with Gasteiger partial charge in [-0.3, -0.25) is 5.41 Å². The summed E-state index contributed by atoms with van der Waals surface area (Å²) in [7, 11) is 3.67. The highest BCUT2D eigenvalue weighted by molar-refractivity contribution is 6.07. The fraction of sp³-hybridized carbons (Fsp3) is 0.516. The zero-order chi connectivity index (χ0) is 28.3. The van der Waals surface area contributed by atoms with Crippen molar-refractivity contribution in [3.8, 4) is 0 Å². The van der Waals surface area contributed by atoms with Crippen LogP contribution in [0.15, 0.2) is 48.5 Å². The number of pyridine rings is 1. The summed E-state index contributed by atoms with van der Waals surface area (Å²) in [6.07, 6.45) is 4.55. The van der Waals surface area contributed by atoms with E-state index in [-0.39, 0.29) is 12.7 Å². The molecule has 0 bridgehead atoms. The Bertz CT molecular complexity index is 1170. The molecule has 3 rings (SSSR count). The molecule has 0 unspecified atom stereocenters. The van der Waals surface area contributed by atoms with Crippen LogP contribution in [0.4, 0.5) is 10.5 Å². The Morgan fingerprint density at radius 2 is 1.51 bits per heavy atom. The number of para-hydroxylation sites is 2. The molecule has 3 N–H and O–H groups in total. The van der Waals surface area contributed by atoms with Crippen LogP contribution in [0.1, 0.15) is 46.5 Å². The van der Waals surface area contributed by atoms with Gasteiger partial charge in [0, 0.05) is 51.0 Å². The molecule has 0 saturated heterocycles. The van der Waals surface area contributed by atoms with E-state index in [1.807, 2.05) is 62.2 Å². The largest absolute Gasteiger partial charge is 0.448 e. The second-order valence-electron chi connectivity index (χ2n) is 10.9. The van der Waals surface area contributed by atoms with Crippen LogP contribution in [-0.2, 0) is 4.74 Å². The molecule has 0 atom stereocenters. The highest BCUT2D eigenvalue weighted by Gasteiger charge is 2.29. The molecule has 212 valence electrons. The molecule has 1 heterocycles. The number of aromatic nitrogens is 1. The minimum absolute atomic E-state index is 0.150. The molecular formula is C31H46N6O2. The number of nitrogens with one attached hydrogen (secondary N) is 3. The number of carbonyl (C=O) groups excluding carboxylic acids is 1. The van der Waals surface area contributed by atoms with Gasteiger partial charge < -0.3 is 25.2 Å². The van der Waals surface area contributed by atoms with E-state index in [1.54, 1.807) is 11.9 Å². The number of hydrogen-bond donors (Lipinski definition) is 3. The van der Waals surface area contributed by atoms with Crippen LogP contribution >= 0.6 is 0 Å². The molecule has 1 aromatic heterocycles. The number of nitrogens with zero attached hydrogens (tertiary/aromatic N) is 3. The van der Waals surface area contributed by atoms with Crippen molar-refractivity contribution in [3.05, 3.63) is 48.5 Å². The van der Waals surface area contributed by atoms with Gasteiger partial charge in [0.2, 0.25) is 0 Å². The maximum absolute atomic E-state index is 12.5. The lowest BCUT2D eigenvalue weighted by Gasteiger charge is -2.32. The first-order valence-corrected chi connectivity index (χ1v) is 14.1. The third-order valence-corrected chi connectivity index (χ3v) is 7.06. The third kappa shape index (κ3) is 8.55. The average Bonchev–Trinajstić information content (AvgIpc) is 2.94. The SMILES string of the molecule is CCCCCCNCCN(C)C(=O)OCC(C)(C)C(=N)N(C)CCNc1c2ccccc2nc2ccccc12. The van der Waals surface area contributed by atoms with E-state index in [4.69, 9.17) is 15.1 Å². The summed E-state index contributed by atoms with van der Waals surface area (Å²) >= 11 is 0. The van der Waals surface area contributed by atoms with Crippen LogP contribution < -0.4 is 10.6 Å². The fourth-order valence-electron chi connectivity index (χ4n) is 4.57. The van der Waals surface area contributed by atoms with Crippen LogP contribution in [0.2, 0.25) is 0 Å². The third-order valence-electron chi connectivity index (χ3n) is 7.06. The van der Waals surface area contributed by atoms with Gasteiger partial charge in [0.15, 0.2) is 0 Å². The summed E-state index contributed by atoms with van der Waals surface area (Å²) in [5, 5.41) is 17.9. The minimum atomic E-state index is -0.612. The number of rotatable bonds is 15. The number of fused-ring (bicyclic) bond motifs is 2. The average molecular weight is 535 g/mol. The first-order chi connectivity index (χ1) is 18.7. The molecule has 0 spiro atoms. The Kier molecular flexibility index (Phi) is 11.3. The summed E-state index contributed by atoms with van der Waals surface area (Å²) < 4.78 is 5.59. The Morgan fingerprint density at radius 1 is 0.897 bits per heavy atom. The lowest BCUT2D eigenvalue weighted by Crippen LogP contribution is -2.44. The number of amides is 1. The van der Waals surface area contributed by atoms with E-state index in [2.05, 4.69) is 29.7 Å². The standard InChI is InChI=1S/C31H46N6O2/c1-6-7-8-13-18-33-19-21-37(5)30(38)39-23-31(2,3)29(32)36(4)22-20-34-28-24-14-9-11-16-26(24)35-27-17-12-10-15-25(27)28/h9-12,14-17,32-33H,6-8,13,18-23H2,1-5H3,(H,34,35). The molecular weight excluding hydrogens is 488 g/mol. The Morgan fingerprint density at radius 3 is 2.15 bits per heavy atom. The van der Waals surface area contributed by atoms with Gasteiger partial charge in [-0.1, -0.05) is 62.6 Å². The van der Waals surface area contributed by atoms with Crippen molar-refractivity contribution < 1.29 is 9.53 Å². The van der Waals surface area contributed by atoms with Crippen LogP contribution in [0.25, 0.3) is 21.8 Å². The number of hydrogen-bond acceptors (Lipinski definition) is 6. The minimum Gasteiger partial charge on any atom is -0.448 e. The van der Waals surface area contributed by atoms with Crippen molar-refractivity contribution in [3.63, 3.8) is 0 Å². The molecule has 1 amide bonds. The number of anilines is 1. The monoisotopic (exact) mass is 534 g/mol. The van der Waals surface area contributed by atoms with Crippen LogP contribution in [0.5, 0.6) is 0 Å². The fourth-order valence-corrected chi connectivity index (χ4v) is 4.57. The summed E-state index contributed by atoms with van der Waals surface area (Å²) in [5.74, 6) is 0.429. The lowest BCUT2D eigenvalue weighted by atomic mass is 9.92. The quantitative estimate of drug-likeness (QED) is 0.0962. The summed E-state index contributed by atoms with van der Waals surface area (Å²) in [4.78, 5) is 20.8. The Balaban J connectivity index is 1.47. The van der Waals surface area contributed by atoms with Gasteiger partial charge in [-0.2, -0.15) is 0 Å². The van der Waals surface area contributed by atoms with Gasteiger partial charge in [-0.25, -0.2) is 9.78 Å². The molecule has 8 heteroatoms. The molecule has 0 radical (unpaired) electrons. The van der Waals surface area contributed by atoms with Crippen molar-refractivity contribution in [2.45, 2.75) is 46.5 Å².